The van der Waals surface area contributed by atoms with Gasteiger partial charge in [0.2, 0.25) is 11.8 Å². The molecule has 1 atom stereocenters. The fourth-order valence-electron chi connectivity index (χ4n) is 2.44. The summed E-state index contributed by atoms with van der Waals surface area (Å²) < 4.78 is 10.6. The number of methoxy groups -OCH3 is 1. The topological polar surface area (TPSA) is 76.7 Å². The van der Waals surface area contributed by atoms with Gasteiger partial charge in [0.15, 0.2) is 0 Å². The number of carbonyl (C=O) groups excluding carboxylic acids is 2. The van der Waals surface area contributed by atoms with Gasteiger partial charge in [-0.1, -0.05) is 11.6 Å². The van der Waals surface area contributed by atoms with Crippen molar-refractivity contribution in [3.8, 4) is 11.5 Å². The number of carbonyl (C=O) groups is 2. The predicted octanol–water partition coefficient (Wildman–Crippen LogP) is 4.75. The highest BCUT2D eigenvalue weighted by Gasteiger charge is 2.17. The lowest BCUT2D eigenvalue weighted by Crippen LogP contribution is -2.25. The van der Waals surface area contributed by atoms with Gasteiger partial charge < -0.3 is 20.1 Å². The van der Waals surface area contributed by atoms with Crippen molar-refractivity contribution in [2.45, 2.75) is 26.0 Å². The molecule has 0 aliphatic rings. The second kappa shape index (κ2) is 11.0. The molecule has 156 valence electrons. The number of benzene rings is 2. The summed E-state index contributed by atoms with van der Waals surface area (Å²) in [7, 11) is 1.51. The molecule has 0 heterocycles. The van der Waals surface area contributed by atoms with E-state index in [4.69, 9.17) is 21.1 Å². The Bertz CT molecular complexity index is 859. The Morgan fingerprint density at radius 2 is 1.86 bits per heavy atom. The maximum Gasteiger partial charge on any atom is 0.237 e. The first-order valence-electron chi connectivity index (χ1n) is 9.13. The highest BCUT2D eigenvalue weighted by molar-refractivity contribution is 8.01. The van der Waals surface area contributed by atoms with E-state index in [0.717, 1.165) is 11.3 Å². The number of halogens is 1. The quantitative estimate of drug-likeness (QED) is 0.593. The smallest absolute Gasteiger partial charge is 0.237 e. The molecular formula is C21H25ClN2O4S. The van der Waals surface area contributed by atoms with E-state index in [-0.39, 0.29) is 17.6 Å². The lowest BCUT2D eigenvalue weighted by atomic mass is 10.2. The van der Waals surface area contributed by atoms with Crippen LogP contribution in [0.2, 0.25) is 5.02 Å². The van der Waals surface area contributed by atoms with Gasteiger partial charge in [-0.25, -0.2) is 0 Å². The van der Waals surface area contributed by atoms with Gasteiger partial charge in [-0.3, -0.25) is 9.59 Å². The molecule has 29 heavy (non-hydrogen) atoms. The van der Waals surface area contributed by atoms with Crippen molar-refractivity contribution in [2.24, 2.45) is 0 Å². The molecule has 6 nitrogen and oxygen atoms in total. The van der Waals surface area contributed by atoms with Crippen LogP contribution in [0.4, 0.5) is 11.4 Å². The van der Waals surface area contributed by atoms with E-state index in [1.165, 1.54) is 18.9 Å². The minimum Gasteiger partial charge on any atom is -0.495 e. The normalized spacial score (nSPS) is 11.5. The van der Waals surface area contributed by atoms with E-state index in [0.29, 0.717) is 28.8 Å². The number of hydrogen-bond donors (Lipinski definition) is 2. The maximum atomic E-state index is 12.3. The van der Waals surface area contributed by atoms with E-state index < -0.39 is 5.25 Å². The second-order valence-corrected chi connectivity index (χ2v) is 7.99. The molecule has 0 fully saturated rings. The summed E-state index contributed by atoms with van der Waals surface area (Å²) in [5.41, 5.74) is 2.06. The minimum absolute atomic E-state index is 0.128. The highest BCUT2D eigenvalue weighted by Crippen LogP contribution is 2.31. The van der Waals surface area contributed by atoms with Gasteiger partial charge in [-0.15, -0.1) is 11.8 Å². The molecule has 2 N–H and O–H groups in total. The summed E-state index contributed by atoms with van der Waals surface area (Å²) in [6.07, 6.45) is 0. The largest absolute Gasteiger partial charge is 0.495 e. The molecule has 0 radical (unpaired) electrons. The van der Waals surface area contributed by atoms with Gasteiger partial charge in [0, 0.05) is 16.8 Å². The molecule has 0 aliphatic heterocycles. The third-order valence-corrected chi connectivity index (χ3v) is 5.57. The summed E-state index contributed by atoms with van der Waals surface area (Å²) >= 11 is 7.33. The molecule has 0 aromatic heterocycles. The maximum absolute atomic E-state index is 12.3. The molecule has 2 rings (SSSR count). The third-order valence-electron chi connectivity index (χ3n) is 4.02. The van der Waals surface area contributed by atoms with Crippen molar-refractivity contribution in [3.63, 3.8) is 0 Å². The van der Waals surface area contributed by atoms with Gasteiger partial charge in [0.25, 0.3) is 0 Å². The van der Waals surface area contributed by atoms with E-state index in [1.807, 2.05) is 13.8 Å². The van der Waals surface area contributed by atoms with Crippen LogP contribution in [0.5, 0.6) is 11.5 Å². The van der Waals surface area contributed by atoms with Crippen molar-refractivity contribution >= 4 is 46.6 Å². The van der Waals surface area contributed by atoms with E-state index in [1.54, 1.807) is 43.3 Å². The molecule has 2 aromatic rings. The Labute approximate surface area is 180 Å². The average Bonchev–Trinajstić information content (AvgIpc) is 2.70. The van der Waals surface area contributed by atoms with E-state index >= 15 is 0 Å². The Hall–Kier alpha value is -2.38. The SMILES string of the molecule is CCOc1ccc(NC(=O)C(C)SCC(=O)Nc2cc(C)c(Cl)cc2OC)cc1. The van der Waals surface area contributed by atoms with Gasteiger partial charge in [-0.2, -0.15) is 0 Å². The first kappa shape index (κ1) is 22.9. The Kier molecular flexibility index (Phi) is 8.67. The molecule has 1 unspecified atom stereocenters. The van der Waals surface area contributed by atoms with Gasteiger partial charge in [-0.05, 0) is 56.7 Å². The Morgan fingerprint density at radius 3 is 2.48 bits per heavy atom. The molecule has 2 aromatic carbocycles. The number of aryl methyl sites for hydroxylation is 1. The standard InChI is InChI=1S/C21H25ClN2O4S/c1-5-28-16-8-6-15(7-9-16)23-21(26)14(3)29-12-20(25)24-18-10-13(2)17(22)11-19(18)27-4/h6-11,14H,5,12H2,1-4H3,(H,23,26)(H,24,25). The van der Waals surface area contributed by atoms with Gasteiger partial charge in [0.1, 0.15) is 11.5 Å². The van der Waals surface area contributed by atoms with E-state index in [2.05, 4.69) is 10.6 Å². The van der Waals surface area contributed by atoms with Crippen LogP contribution < -0.4 is 20.1 Å². The summed E-state index contributed by atoms with van der Waals surface area (Å²) in [5, 5.41) is 5.80. The summed E-state index contributed by atoms with van der Waals surface area (Å²) in [4.78, 5) is 24.6. The molecular weight excluding hydrogens is 412 g/mol. The first-order chi connectivity index (χ1) is 13.8. The zero-order chi connectivity index (χ0) is 21.4. The van der Waals surface area contributed by atoms with Gasteiger partial charge in [0.05, 0.1) is 30.4 Å². The molecule has 2 amide bonds. The molecule has 0 aliphatic carbocycles. The summed E-state index contributed by atoms with van der Waals surface area (Å²) in [6.45, 7) is 6.10. The van der Waals surface area contributed by atoms with Crippen LogP contribution in [0.15, 0.2) is 36.4 Å². The number of nitrogens with one attached hydrogen (secondary N) is 2. The van der Waals surface area contributed by atoms with E-state index in [9.17, 15) is 9.59 Å². The average molecular weight is 437 g/mol. The van der Waals surface area contributed by atoms with Crippen molar-refractivity contribution < 1.29 is 19.1 Å². The summed E-state index contributed by atoms with van der Waals surface area (Å²) in [5.74, 6) is 0.961. The molecule has 8 heteroatoms. The van der Waals surface area contributed by atoms with Crippen molar-refractivity contribution in [2.75, 3.05) is 30.1 Å². The molecule has 0 bridgehead atoms. The first-order valence-corrected chi connectivity index (χ1v) is 10.6. The van der Waals surface area contributed by atoms with Crippen LogP contribution in [0.25, 0.3) is 0 Å². The number of rotatable bonds is 9. The van der Waals surface area contributed by atoms with Crippen LogP contribution >= 0.6 is 23.4 Å². The molecule has 0 saturated heterocycles. The second-order valence-electron chi connectivity index (χ2n) is 6.25. The lowest BCUT2D eigenvalue weighted by molar-refractivity contribution is -0.115. The number of thioether (sulfide) groups is 1. The van der Waals surface area contributed by atoms with Crippen LogP contribution in [0.1, 0.15) is 19.4 Å². The van der Waals surface area contributed by atoms with Gasteiger partial charge >= 0.3 is 0 Å². The minimum atomic E-state index is -0.402. The van der Waals surface area contributed by atoms with Crippen LogP contribution in [0.3, 0.4) is 0 Å². The fourth-order valence-corrected chi connectivity index (χ4v) is 3.28. The zero-order valence-corrected chi connectivity index (χ0v) is 18.4. The number of ether oxygens (including phenoxy) is 2. The number of amides is 2. The van der Waals surface area contributed by atoms with Crippen LogP contribution in [-0.4, -0.2) is 36.5 Å². The van der Waals surface area contributed by atoms with Crippen LogP contribution in [-0.2, 0) is 9.59 Å². The third kappa shape index (κ3) is 6.87. The molecule has 0 spiro atoms. The Balaban J connectivity index is 1.86. The summed E-state index contributed by atoms with van der Waals surface area (Å²) in [6, 6.07) is 10.6. The van der Waals surface area contributed by atoms with Crippen molar-refractivity contribution in [1.29, 1.82) is 0 Å². The van der Waals surface area contributed by atoms with Crippen molar-refractivity contribution in [3.05, 3.63) is 47.0 Å². The number of hydrogen-bond acceptors (Lipinski definition) is 5. The predicted molar refractivity (Wildman–Crippen MR) is 120 cm³/mol. The number of anilines is 2. The van der Waals surface area contributed by atoms with Crippen molar-refractivity contribution in [1.82, 2.24) is 0 Å². The fraction of sp³-hybridized carbons (Fsp3) is 0.333. The zero-order valence-electron chi connectivity index (χ0n) is 16.9. The van der Waals surface area contributed by atoms with Crippen LogP contribution in [0, 0.1) is 6.92 Å². The lowest BCUT2D eigenvalue weighted by Gasteiger charge is -2.14. The molecule has 0 saturated carbocycles. The highest BCUT2D eigenvalue weighted by atomic mass is 35.5. The monoisotopic (exact) mass is 436 g/mol. The Morgan fingerprint density at radius 1 is 1.17 bits per heavy atom.